The van der Waals surface area contributed by atoms with E-state index in [0.717, 1.165) is 18.4 Å². The summed E-state index contributed by atoms with van der Waals surface area (Å²) in [7, 11) is 4.51. The number of allylic oxidation sites excluding steroid dienone is 1. The number of aliphatic hydroxyl groups excluding tert-OH is 1. The number of rotatable bonds is 6. The summed E-state index contributed by atoms with van der Waals surface area (Å²) in [4.78, 5) is 13.2. The zero-order chi connectivity index (χ0) is 23.6. The second-order valence-electron chi connectivity index (χ2n) is 9.31. The summed E-state index contributed by atoms with van der Waals surface area (Å²) >= 11 is 0. The zero-order valence-electron chi connectivity index (χ0n) is 20.1. The molecule has 1 fully saturated rings. The highest BCUT2D eigenvalue weighted by Gasteiger charge is 2.58. The SMILES string of the molecule is COc1cc(C(=O)O[C@@H]2CC(C)=CCC[C@@]3(C)O[C@@H]3[C@H](O)[C@@H]2C(C)C)cc(OC)c1OC. The van der Waals surface area contributed by atoms with E-state index in [0.29, 0.717) is 29.2 Å². The molecule has 3 rings (SSSR count). The van der Waals surface area contributed by atoms with Gasteiger partial charge in [0.25, 0.3) is 0 Å². The number of methoxy groups -OCH3 is 3. The molecule has 1 heterocycles. The number of ether oxygens (including phenoxy) is 5. The van der Waals surface area contributed by atoms with Crippen molar-refractivity contribution >= 4 is 5.97 Å². The van der Waals surface area contributed by atoms with Crippen LogP contribution in [0.3, 0.4) is 0 Å². The van der Waals surface area contributed by atoms with Crippen LogP contribution in [-0.4, -0.2) is 56.3 Å². The summed E-state index contributed by atoms with van der Waals surface area (Å²) in [6, 6.07) is 3.16. The van der Waals surface area contributed by atoms with E-state index in [2.05, 4.69) is 6.08 Å². The predicted molar refractivity (Wildman–Crippen MR) is 121 cm³/mol. The average Bonchev–Trinajstić information content (AvgIpc) is 3.43. The van der Waals surface area contributed by atoms with Crippen molar-refractivity contribution in [1.29, 1.82) is 0 Å². The highest BCUT2D eigenvalue weighted by Crippen LogP contribution is 2.47. The molecule has 5 atom stereocenters. The molecular weight excluding hydrogens is 412 g/mol. The van der Waals surface area contributed by atoms with E-state index in [1.807, 2.05) is 27.7 Å². The maximum absolute atomic E-state index is 13.2. The first-order chi connectivity index (χ1) is 15.1. The Morgan fingerprint density at radius 3 is 2.31 bits per heavy atom. The number of hydrogen-bond donors (Lipinski definition) is 1. The first-order valence-electron chi connectivity index (χ1n) is 11.2. The van der Waals surface area contributed by atoms with Gasteiger partial charge in [-0.1, -0.05) is 25.5 Å². The van der Waals surface area contributed by atoms with Crippen LogP contribution in [0.2, 0.25) is 0 Å². The van der Waals surface area contributed by atoms with Crippen LogP contribution < -0.4 is 14.2 Å². The second kappa shape index (κ2) is 9.71. The summed E-state index contributed by atoms with van der Waals surface area (Å²) in [5.41, 5.74) is 1.10. The van der Waals surface area contributed by atoms with E-state index in [1.165, 1.54) is 21.3 Å². The maximum atomic E-state index is 13.2. The standard InChI is InChI=1S/C25H36O7/c1-14(2)20-17(11-15(3)9-8-10-25(4)23(32-25)21(20)26)31-24(27)16-12-18(28-5)22(30-7)19(13-16)29-6/h9,12-14,17,20-21,23,26H,8,10-11H2,1-7H3/t17-,20-,21-,23-,25-/m1/s1. The average molecular weight is 449 g/mol. The normalized spacial score (nSPS) is 30.1. The van der Waals surface area contributed by atoms with Gasteiger partial charge in [0.1, 0.15) is 12.2 Å². The van der Waals surface area contributed by atoms with Gasteiger partial charge in [-0.15, -0.1) is 0 Å². The first kappa shape index (κ1) is 24.4. The topological polar surface area (TPSA) is 86.8 Å². The molecule has 1 aromatic carbocycles. The van der Waals surface area contributed by atoms with Gasteiger partial charge in [0.05, 0.1) is 38.6 Å². The molecular formula is C25H36O7. The number of benzene rings is 1. The molecule has 1 aliphatic carbocycles. The fourth-order valence-corrected chi connectivity index (χ4v) is 4.80. The van der Waals surface area contributed by atoms with Gasteiger partial charge in [0.2, 0.25) is 5.75 Å². The fourth-order valence-electron chi connectivity index (χ4n) is 4.80. The molecule has 0 spiro atoms. The van der Waals surface area contributed by atoms with Crippen LogP contribution in [0.25, 0.3) is 0 Å². The third-order valence-electron chi connectivity index (χ3n) is 6.66. The molecule has 178 valence electrons. The Balaban J connectivity index is 1.93. The first-order valence-corrected chi connectivity index (χ1v) is 11.2. The van der Waals surface area contributed by atoms with Gasteiger partial charge in [0, 0.05) is 12.3 Å². The van der Waals surface area contributed by atoms with Crippen LogP contribution in [0.1, 0.15) is 57.3 Å². The maximum Gasteiger partial charge on any atom is 0.338 e. The summed E-state index contributed by atoms with van der Waals surface area (Å²) in [5.74, 6) is 0.477. The van der Waals surface area contributed by atoms with Crippen molar-refractivity contribution in [1.82, 2.24) is 0 Å². The van der Waals surface area contributed by atoms with Gasteiger partial charge in [-0.3, -0.25) is 0 Å². The Hall–Kier alpha value is -2.25. The summed E-state index contributed by atoms with van der Waals surface area (Å²) < 4.78 is 28.1. The highest BCUT2D eigenvalue weighted by atomic mass is 16.6. The largest absolute Gasteiger partial charge is 0.493 e. The zero-order valence-corrected chi connectivity index (χ0v) is 20.1. The number of esters is 1. The van der Waals surface area contributed by atoms with Gasteiger partial charge in [-0.25, -0.2) is 4.79 Å². The van der Waals surface area contributed by atoms with Gasteiger partial charge in [-0.2, -0.15) is 0 Å². The van der Waals surface area contributed by atoms with Crippen molar-refractivity contribution in [3.8, 4) is 17.2 Å². The van der Waals surface area contributed by atoms with Gasteiger partial charge >= 0.3 is 5.97 Å². The summed E-state index contributed by atoms with van der Waals surface area (Å²) in [5, 5.41) is 11.2. The monoisotopic (exact) mass is 448 g/mol. The van der Waals surface area contributed by atoms with Gasteiger partial charge in [0.15, 0.2) is 11.5 Å². The molecule has 0 unspecified atom stereocenters. The fraction of sp³-hybridized carbons (Fsp3) is 0.640. The molecule has 0 radical (unpaired) electrons. The molecule has 2 aliphatic rings. The lowest BCUT2D eigenvalue weighted by atomic mass is 9.78. The van der Waals surface area contributed by atoms with Crippen molar-refractivity contribution in [2.24, 2.45) is 11.8 Å². The molecule has 7 heteroatoms. The van der Waals surface area contributed by atoms with Crippen LogP contribution >= 0.6 is 0 Å². The Morgan fingerprint density at radius 2 is 1.78 bits per heavy atom. The Morgan fingerprint density at radius 1 is 1.16 bits per heavy atom. The molecule has 7 nitrogen and oxygen atoms in total. The molecule has 1 aromatic rings. The lowest BCUT2D eigenvalue weighted by molar-refractivity contribution is -0.0419. The van der Waals surface area contributed by atoms with Gasteiger partial charge in [-0.05, 0) is 44.7 Å². The predicted octanol–water partition coefficient (Wildman–Crippen LogP) is 4.16. The Kier molecular flexibility index (Phi) is 7.40. The van der Waals surface area contributed by atoms with Crippen molar-refractivity contribution < 1.29 is 33.6 Å². The number of fused-ring (bicyclic) bond motifs is 1. The summed E-state index contributed by atoms with van der Waals surface area (Å²) in [6.45, 7) is 8.16. The molecule has 0 aromatic heterocycles. The number of carbonyl (C=O) groups is 1. The lowest BCUT2D eigenvalue weighted by Gasteiger charge is -2.34. The van der Waals surface area contributed by atoms with E-state index >= 15 is 0 Å². The minimum Gasteiger partial charge on any atom is -0.493 e. The van der Waals surface area contributed by atoms with Gasteiger partial charge < -0.3 is 28.8 Å². The number of hydrogen-bond acceptors (Lipinski definition) is 7. The lowest BCUT2D eigenvalue weighted by Crippen LogP contribution is -2.43. The Labute approximate surface area is 190 Å². The van der Waals surface area contributed by atoms with Crippen LogP contribution in [0.4, 0.5) is 0 Å². The third-order valence-corrected chi connectivity index (χ3v) is 6.66. The molecule has 0 saturated carbocycles. The quantitative estimate of drug-likeness (QED) is 0.397. The van der Waals surface area contributed by atoms with Crippen LogP contribution in [0.5, 0.6) is 17.2 Å². The highest BCUT2D eigenvalue weighted by molar-refractivity contribution is 5.91. The van der Waals surface area contributed by atoms with Crippen molar-refractivity contribution in [2.75, 3.05) is 21.3 Å². The molecule has 0 amide bonds. The van der Waals surface area contributed by atoms with E-state index < -0.39 is 18.2 Å². The van der Waals surface area contributed by atoms with E-state index in [-0.39, 0.29) is 23.5 Å². The van der Waals surface area contributed by atoms with Crippen molar-refractivity contribution in [3.63, 3.8) is 0 Å². The number of aliphatic hydroxyl groups is 1. The molecule has 0 bridgehead atoms. The summed E-state index contributed by atoms with van der Waals surface area (Å²) in [6.07, 6.45) is 3.00. The van der Waals surface area contributed by atoms with Crippen LogP contribution in [0.15, 0.2) is 23.8 Å². The second-order valence-corrected chi connectivity index (χ2v) is 9.31. The van der Waals surface area contributed by atoms with Crippen LogP contribution in [0, 0.1) is 11.8 Å². The van der Waals surface area contributed by atoms with E-state index in [4.69, 9.17) is 23.7 Å². The Bertz CT molecular complexity index is 837. The van der Waals surface area contributed by atoms with E-state index in [9.17, 15) is 9.90 Å². The smallest absolute Gasteiger partial charge is 0.338 e. The molecule has 32 heavy (non-hydrogen) atoms. The molecule has 1 N–H and O–H groups in total. The minimum absolute atomic E-state index is 0.0865. The molecule has 1 aliphatic heterocycles. The third kappa shape index (κ3) is 4.89. The molecule has 1 saturated heterocycles. The van der Waals surface area contributed by atoms with E-state index in [1.54, 1.807) is 12.1 Å². The van der Waals surface area contributed by atoms with Crippen molar-refractivity contribution in [2.45, 2.75) is 70.9 Å². The number of epoxide rings is 1. The van der Waals surface area contributed by atoms with Crippen LogP contribution in [-0.2, 0) is 9.47 Å². The minimum atomic E-state index is -0.719. The number of carbonyl (C=O) groups excluding carboxylic acids is 1. The van der Waals surface area contributed by atoms with Crippen molar-refractivity contribution in [3.05, 3.63) is 29.3 Å².